The van der Waals surface area contributed by atoms with E-state index in [2.05, 4.69) is 5.32 Å². The third-order valence-corrected chi connectivity index (χ3v) is 2.65. The van der Waals surface area contributed by atoms with Crippen LogP contribution in [-0.2, 0) is 11.4 Å². The highest BCUT2D eigenvalue weighted by Crippen LogP contribution is 2.18. The quantitative estimate of drug-likeness (QED) is 0.890. The molecule has 0 bridgehead atoms. The Morgan fingerprint density at radius 3 is 2.48 bits per heavy atom. The molecule has 2 rings (SSSR count). The zero-order valence-corrected chi connectivity index (χ0v) is 11.0. The van der Waals surface area contributed by atoms with E-state index in [1.807, 2.05) is 0 Å². The van der Waals surface area contributed by atoms with Crippen LogP contribution in [-0.4, -0.2) is 17.6 Å². The summed E-state index contributed by atoms with van der Waals surface area (Å²) in [5, 5.41) is 11.4. The molecule has 0 heterocycles. The first-order valence-electron chi connectivity index (χ1n) is 6.16. The van der Waals surface area contributed by atoms with Gasteiger partial charge >= 0.3 is 0 Å². The van der Waals surface area contributed by atoms with Crippen LogP contribution in [0.5, 0.6) is 5.75 Å². The molecule has 0 unspecified atom stereocenters. The van der Waals surface area contributed by atoms with Gasteiger partial charge in [-0.1, -0.05) is 18.2 Å². The van der Waals surface area contributed by atoms with Crippen LogP contribution in [0, 0.1) is 11.6 Å². The number of anilines is 1. The predicted octanol–water partition coefficient (Wildman–Crippen LogP) is 2.47. The molecule has 2 N–H and O–H groups in total. The van der Waals surface area contributed by atoms with Crippen LogP contribution in [0.2, 0.25) is 0 Å². The molecular weight excluding hydrogens is 280 g/mol. The molecule has 4 nitrogen and oxygen atoms in total. The summed E-state index contributed by atoms with van der Waals surface area (Å²) in [5.74, 6) is -1.75. The topological polar surface area (TPSA) is 58.6 Å². The molecule has 0 saturated heterocycles. The average molecular weight is 293 g/mol. The summed E-state index contributed by atoms with van der Waals surface area (Å²) in [6.45, 7) is -0.554. The molecule has 0 aliphatic carbocycles. The first-order chi connectivity index (χ1) is 10.1. The molecule has 1 amide bonds. The number of halogens is 2. The van der Waals surface area contributed by atoms with Gasteiger partial charge in [0.05, 0.1) is 6.61 Å². The summed E-state index contributed by atoms with van der Waals surface area (Å²) in [6.07, 6.45) is 0. The van der Waals surface area contributed by atoms with Crippen molar-refractivity contribution in [1.29, 1.82) is 0 Å². The fourth-order valence-corrected chi connectivity index (χ4v) is 1.74. The number of aliphatic hydroxyl groups is 1. The van der Waals surface area contributed by atoms with Crippen LogP contribution in [0.25, 0.3) is 0 Å². The molecule has 0 fully saturated rings. The van der Waals surface area contributed by atoms with E-state index in [4.69, 9.17) is 9.84 Å². The van der Waals surface area contributed by atoms with E-state index in [1.54, 1.807) is 24.3 Å². The predicted molar refractivity (Wildman–Crippen MR) is 72.8 cm³/mol. The van der Waals surface area contributed by atoms with Crippen LogP contribution in [0.3, 0.4) is 0 Å². The lowest BCUT2D eigenvalue weighted by molar-refractivity contribution is -0.118. The molecule has 2 aromatic rings. The minimum absolute atomic E-state index is 0.0107. The highest BCUT2D eigenvalue weighted by atomic mass is 19.1. The third-order valence-electron chi connectivity index (χ3n) is 2.65. The van der Waals surface area contributed by atoms with Crippen molar-refractivity contribution in [2.24, 2.45) is 0 Å². The highest BCUT2D eigenvalue weighted by Gasteiger charge is 2.08. The van der Waals surface area contributed by atoms with Crippen molar-refractivity contribution in [2.75, 3.05) is 11.9 Å². The van der Waals surface area contributed by atoms with Crippen molar-refractivity contribution < 1.29 is 23.4 Å². The standard InChI is InChI=1S/C15H13F2NO3/c16-11-5-12(17)7-13(6-11)18-15(20)9-21-14-4-2-1-3-10(14)8-19/h1-7,19H,8-9H2,(H,18,20). The molecule has 6 heteroatoms. The van der Waals surface area contributed by atoms with Crippen molar-refractivity contribution in [3.05, 3.63) is 59.7 Å². The summed E-state index contributed by atoms with van der Waals surface area (Å²) in [4.78, 5) is 11.7. The van der Waals surface area contributed by atoms with Crippen molar-refractivity contribution >= 4 is 11.6 Å². The number of carbonyl (C=O) groups is 1. The summed E-state index contributed by atoms with van der Waals surface area (Å²) < 4.78 is 31.2. The van der Waals surface area contributed by atoms with Crippen molar-refractivity contribution in [1.82, 2.24) is 0 Å². The largest absolute Gasteiger partial charge is 0.483 e. The fourth-order valence-electron chi connectivity index (χ4n) is 1.74. The van der Waals surface area contributed by atoms with Crippen molar-refractivity contribution in [3.8, 4) is 5.75 Å². The lowest BCUT2D eigenvalue weighted by Gasteiger charge is -2.10. The van der Waals surface area contributed by atoms with Gasteiger partial charge in [-0.2, -0.15) is 0 Å². The lowest BCUT2D eigenvalue weighted by Crippen LogP contribution is -2.20. The van der Waals surface area contributed by atoms with Crippen molar-refractivity contribution in [3.63, 3.8) is 0 Å². The Bertz CT molecular complexity index is 626. The van der Waals surface area contributed by atoms with Crippen LogP contribution in [0.4, 0.5) is 14.5 Å². The monoisotopic (exact) mass is 293 g/mol. The maximum Gasteiger partial charge on any atom is 0.262 e. The highest BCUT2D eigenvalue weighted by molar-refractivity contribution is 5.91. The zero-order valence-electron chi connectivity index (χ0n) is 11.0. The number of amides is 1. The molecule has 0 aliphatic rings. The van der Waals surface area contributed by atoms with E-state index in [9.17, 15) is 13.6 Å². The molecular formula is C15H13F2NO3. The Hall–Kier alpha value is -2.47. The number of hydrogen-bond donors (Lipinski definition) is 2. The van der Waals surface area contributed by atoms with Gasteiger partial charge in [0.25, 0.3) is 5.91 Å². The summed E-state index contributed by atoms with van der Waals surface area (Å²) in [7, 11) is 0. The molecule has 0 aliphatic heterocycles. The van der Waals surface area contributed by atoms with Crippen molar-refractivity contribution in [2.45, 2.75) is 6.61 Å². The molecule has 0 spiro atoms. The number of benzene rings is 2. The second-order valence-electron chi connectivity index (χ2n) is 4.26. The van der Waals surface area contributed by atoms with Gasteiger partial charge in [-0.3, -0.25) is 4.79 Å². The maximum absolute atomic E-state index is 13.0. The van der Waals surface area contributed by atoms with E-state index in [0.29, 0.717) is 17.4 Å². The van der Waals surface area contributed by atoms with Gasteiger partial charge in [0.1, 0.15) is 17.4 Å². The first-order valence-corrected chi connectivity index (χ1v) is 6.16. The second kappa shape index (κ2) is 6.81. The summed E-state index contributed by atoms with van der Waals surface area (Å²) in [5.41, 5.74) is 0.554. The number of hydrogen-bond acceptors (Lipinski definition) is 3. The van der Waals surface area contributed by atoms with Crippen LogP contribution in [0.1, 0.15) is 5.56 Å². The zero-order chi connectivity index (χ0) is 15.2. The van der Waals surface area contributed by atoms with Gasteiger partial charge in [-0.25, -0.2) is 8.78 Å². The van der Waals surface area contributed by atoms with E-state index in [1.165, 1.54) is 0 Å². The third kappa shape index (κ3) is 4.25. The lowest BCUT2D eigenvalue weighted by atomic mass is 10.2. The van der Waals surface area contributed by atoms with Crippen LogP contribution in [0.15, 0.2) is 42.5 Å². The molecule has 0 atom stereocenters. The fraction of sp³-hybridized carbons (Fsp3) is 0.133. The first kappa shape index (κ1) is 14.9. The maximum atomic E-state index is 13.0. The van der Waals surface area contributed by atoms with Gasteiger partial charge < -0.3 is 15.2 Å². The van der Waals surface area contributed by atoms with Gasteiger partial charge in [-0.15, -0.1) is 0 Å². The van der Waals surface area contributed by atoms with Gasteiger partial charge in [0.2, 0.25) is 0 Å². The smallest absolute Gasteiger partial charge is 0.262 e. The normalized spacial score (nSPS) is 10.2. The average Bonchev–Trinajstić information content (AvgIpc) is 2.44. The number of aliphatic hydroxyl groups excluding tert-OH is 1. The Labute approximate surface area is 120 Å². The number of rotatable bonds is 5. The van der Waals surface area contributed by atoms with E-state index in [0.717, 1.165) is 12.1 Å². The summed E-state index contributed by atoms with van der Waals surface area (Å²) >= 11 is 0. The van der Waals surface area contributed by atoms with Crippen LogP contribution < -0.4 is 10.1 Å². The van der Waals surface area contributed by atoms with Gasteiger partial charge in [-0.05, 0) is 18.2 Å². The van der Waals surface area contributed by atoms with E-state index in [-0.39, 0.29) is 18.9 Å². The Morgan fingerprint density at radius 2 is 1.81 bits per heavy atom. The molecule has 0 radical (unpaired) electrons. The number of nitrogens with one attached hydrogen (secondary N) is 1. The number of ether oxygens (including phenoxy) is 1. The molecule has 0 aromatic heterocycles. The Balaban J connectivity index is 1.96. The van der Waals surface area contributed by atoms with Gasteiger partial charge in [0, 0.05) is 17.3 Å². The number of carbonyl (C=O) groups excluding carboxylic acids is 1. The Kier molecular flexibility index (Phi) is 4.84. The minimum Gasteiger partial charge on any atom is -0.483 e. The molecule has 21 heavy (non-hydrogen) atoms. The minimum atomic E-state index is -0.781. The number of para-hydroxylation sites is 1. The van der Waals surface area contributed by atoms with Crippen LogP contribution >= 0.6 is 0 Å². The second-order valence-corrected chi connectivity index (χ2v) is 4.26. The Morgan fingerprint density at radius 1 is 1.14 bits per heavy atom. The molecule has 0 saturated carbocycles. The molecule has 2 aromatic carbocycles. The van der Waals surface area contributed by atoms with E-state index >= 15 is 0 Å². The summed E-state index contributed by atoms with van der Waals surface area (Å²) in [6, 6.07) is 9.42. The SMILES string of the molecule is O=C(COc1ccccc1CO)Nc1cc(F)cc(F)c1. The van der Waals surface area contributed by atoms with E-state index < -0.39 is 17.5 Å². The molecule has 110 valence electrons. The van der Waals surface area contributed by atoms with Gasteiger partial charge in [0.15, 0.2) is 6.61 Å².